The van der Waals surface area contributed by atoms with Crippen LogP contribution in [0.3, 0.4) is 0 Å². The maximum atomic E-state index is 4.72. The average molecular weight is 413 g/mol. The van der Waals surface area contributed by atoms with Crippen LogP contribution >= 0.6 is 11.3 Å². The Morgan fingerprint density at radius 3 is 2.66 bits per heavy atom. The second-order valence-electron chi connectivity index (χ2n) is 10.2. The molecule has 0 unspecified atom stereocenters. The molecular weight excluding hydrogens is 376 g/mol. The molecule has 0 N–H and O–H groups in total. The summed E-state index contributed by atoms with van der Waals surface area (Å²) in [4.78, 5) is 17.2. The van der Waals surface area contributed by atoms with Crippen LogP contribution in [-0.2, 0) is 6.42 Å². The highest BCUT2D eigenvalue weighted by Crippen LogP contribution is 2.46. The summed E-state index contributed by atoms with van der Waals surface area (Å²) in [6, 6.07) is 3.12. The van der Waals surface area contributed by atoms with Gasteiger partial charge in [-0.15, -0.1) is 11.3 Å². The molecule has 2 saturated heterocycles. The predicted octanol–water partition coefficient (Wildman–Crippen LogP) is 5.37. The minimum Gasteiger partial charge on any atom is -0.355 e. The third-order valence-corrected chi connectivity index (χ3v) is 8.95. The van der Waals surface area contributed by atoms with Gasteiger partial charge in [-0.2, -0.15) is 0 Å². The number of nitrogens with zero attached hydrogens (tertiary/aromatic N) is 4. The topological polar surface area (TPSA) is 32.3 Å². The minimum absolute atomic E-state index is 0.489. The molecule has 0 radical (unpaired) electrons. The van der Waals surface area contributed by atoms with Gasteiger partial charge in [0, 0.05) is 42.5 Å². The first-order valence-corrected chi connectivity index (χ1v) is 12.6. The number of fused-ring (bicyclic) bond motifs is 1. The van der Waals surface area contributed by atoms with Crippen molar-refractivity contribution in [3.8, 4) is 0 Å². The van der Waals surface area contributed by atoms with Crippen LogP contribution in [0.2, 0.25) is 0 Å². The SMILES string of the molecule is CCc1cc2c(N3CCC4(C3)CN([C@H](C(C)C)C3CCCCC3)C4)ncnc2s1. The first kappa shape index (κ1) is 19.7. The van der Waals surface area contributed by atoms with Gasteiger partial charge in [-0.1, -0.05) is 40.0 Å². The zero-order valence-corrected chi connectivity index (χ0v) is 19.2. The van der Waals surface area contributed by atoms with E-state index in [9.17, 15) is 0 Å². The van der Waals surface area contributed by atoms with Crippen LogP contribution in [0, 0.1) is 17.3 Å². The van der Waals surface area contributed by atoms with Gasteiger partial charge < -0.3 is 4.90 Å². The molecule has 1 spiro atoms. The summed E-state index contributed by atoms with van der Waals surface area (Å²) in [5, 5.41) is 1.27. The number of thiophene rings is 1. The molecule has 1 saturated carbocycles. The summed E-state index contributed by atoms with van der Waals surface area (Å²) in [5.74, 6) is 2.88. The van der Waals surface area contributed by atoms with Gasteiger partial charge in [0.2, 0.25) is 0 Å². The molecule has 3 fully saturated rings. The Morgan fingerprint density at radius 1 is 1.14 bits per heavy atom. The van der Waals surface area contributed by atoms with Crippen molar-refractivity contribution in [2.24, 2.45) is 17.3 Å². The van der Waals surface area contributed by atoms with Crippen LogP contribution in [-0.4, -0.2) is 47.1 Å². The summed E-state index contributed by atoms with van der Waals surface area (Å²) in [7, 11) is 0. The number of aryl methyl sites for hydroxylation is 1. The van der Waals surface area contributed by atoms with E-state index in [0.717, 1.165) is 35.7 Å². The second-order valence-corrected chi connectivity index (χ2v) is 11.3. The van der Waals surface area contributed by atoms with Crippen LogP contribution in [0.15, 0.2) is 12.4 Å². The molecule has 0 amide bonds. The highest BCUT2D eigenvalue weighted by Gasteiger charge is 2.51. The lowest BCUT2D eigenvalue weighted by Gasteiger charge is -2.55. The van der Waals surface area contributed by atoms with Gasteiger partial charge in [0.05, 0.1) is 5.39 Å². The normalized spacial score (nSPS) is 23.9. The summed E-state index contributed by atoms with van der Waals surface area (Å²) < 4.78 is 0. The Hall–Kier alpha value is -1.20. The van der Waals surface area contributed by atoms with Crippen molar-refractivity contribution < 1.29 is 0 Å². The van der Waals surface area contributed by atoms with Crippen molar-refractivity contribution in [3.05, 3.63) is 17.3 Å². The quantitative estimate of drug-likeness (QED) is 0.661. The van der Waals surface area contributed by atoms with E-state index in [1.165, 1.54) is 74.2 Å². The Balaban J connectivity index is 1.29. The van der Waals surface area contributed by atoms with Crippen molar-refractivity contribution in [1.82, 2.24) is 14.9 Å². The smallest absolute Gasteiger partial charge is 0.140 e. The maximum absolute atomic E-state index is 4.72. The van der Waals surface area contributed by atoms with E-state index in [2.05, 4.69) is 41.6 Å². The van der Waals surface area contributed by atoms with Crippen molar-refractivity contribution in [1.29, 1.82) is 0 Å². The number of hydrogen-bond acceptors (Lipinski definition) is 5. The standard InChI is InChI=1S/C24H36N4S/c1-4-19-12-20-22(25-16-26-23(20)29-19)27-11-10-24(13-27)14-28(15-24)21(17(2)3)18-8-6-5-7-9-18/h12,16-18,21H,4-11,13-15H2,1-3H3/t21-/m1/s1. The van der Waals surface area contributed by atoms with Crippen molar-refractivity contribution in [3.63, 3.8) is 0 Å². The molecule has 158 valence electrons. The Kier molecular flexibility index (Phi) is 5.32. The van der Waals surface area contributed by atoms with Gasteiger partial charge in [-0.3, -0.25) is 4.90 Å². The van der Waals surface area contributed by atoms with Crippen molar-refractivity contribution in [2.45, 2.75) is 71.8 Å². The van der Waals surface area contributed by atoms with Gasteiger partial charge in [0.15, 0.2) is 0 Å². The molecule has 29 heavy (non-hydrogen) atoms. The van der Waals surface area contributed by atoms with Crippen molar-refractivity contribution in [2.75, 3.05) is 31.1 Å². The largest absolute Gasteiger partial charge is 0.355 e. The van der Waals surface area contributed by atoms with E-state index >= 15 is 0 Å². The maximum Gasteiger partial charge on any atom is 0.140 e. The van der Waals surface area contributed by atoms with E-state index in [1.54, 1.807) is 6.33 Å². The number of rotatable bonds is 5. The molecule has 4 heterocycles. The summed E-state index contributed by atoms with van der Waals surface area (Å²) in [5.41, 5.74) is 0.489. The third-order valence-electron chi connectivity index (χ3n) is 7.76. The molecule has 1 atom stereocenters. The molecule has 2 aromatic heterocycles. The zero-order chi connectivity index (χ0) is 20.0. The van der Waals surface area contributed by atoms with E-state index in [4.69, 9.17) is 4.98 Å². The summed E-state index contributed by atoms with van der Waals surface area (Å²) in [6.45, 7) is 12.0. The van der Waals surface area contributed by atoms with E-state index in [-0.39, 0.29) is 0 Å². The fourth-order valence-electron chi connectivity index (χ4n) is 6.46. The first-order chi connectivity index (χ1) is 14.1. The highest BCUT2D eigenvalue weighted by molar-refractivity contribution is 7.18. The first-order valence-electron chi connectivity index (χ1n) is 11.8. The highest BCUT2D eigenvalue weighted by atomic mass is 32.1. The van der Waals surface area contributed by atoms with Gasteiger partial charge in [-0.25, -0.2) is 9.97 Å². The predicted molar refractivity (Wildman–Crippen MR) is 123 cm³/mol. The van der Waals surface area contributed by atoms with Crippen LogP contribution < -0.4 is 4.90 Å². The van der Waals surface area contributed by atoms with Crippen LogP contribution in [0.4, 0.5) is 5.82 Å². The molecule has 0 bridgehead atoms. The van der Waals surface area contributed by atoms with Gasteiger partial charge in [-0.05, 0) is 43.6 Å². The molecule has 5 rings (SSSR count). The lowest BCUT2D eigenvalue weighted by Crippen LogP contribution is -2.63. The molecule has 4 nitrogen and oxygen atoms in total. The molecule has 1 aliphatic carbocycles. The fourth-order valence-corrected chi connectivity index (χ4v) is 7.39. The van der Waals surface area contributed by atoms with Crippen LogP contribution in [0.1, 0.15) is 64.2 Å². The number of likely N-dealkylation sites (tertiary alicyclic amines) is 1. The van der Waals surface area contributed by atoms with Crippen LogP contribution in [0.5, 0.6) is 0 Å². The molecule has 0 aromatic carbocycles. The minimum atomic E-state index is 0.489. The van der Waals surface area contributed by atoms with Gasteiger partial charge >= 0.3 is 0 Å². The Labute approximate surface area is 179 Å². The third kappa shape index (κ3) is 3.59. The molecule has 3 aliphatic rings. The average Bonchev–Trinajstić information content (AvgIpc) is 3.32. The van der Waals surface area contributed by atoms with E-state index in [1.807, 2.05) is 11.3 Å². The second kappa shape index (κ2) is 7.81. The molecular formula is C24H36N4S. The Morgan fingerprint density at radius 2 is 1.93 bits per heavy atom. The van der Waals surface area contributed by atoms with Gasteiger partial charge in [0.25, 0.3) is 0 Å². The van der Waals surface area contributed by atoms with E-state index < -0.39 is 0 Å². The molecule has 5 heteroatoms. The van der Waals surface area contributed by atoms with Crippen LogP contribution in [0.25, 0.3) is 10.2 Å². The number of aromatic nitrogens is 2. The van der Waals surface area contributed by atoms with E-state index in [0.29, 0.717) is 5.41 Å². The molecule has 2 aliphatic heterocycles. The lowest BCUT2D eigenvalue weighted by atomic mass is 9.72. The monoisotopic (exact) mass is 412 g/mol. The zero-order valence-electron chi connectivity index (χ0n) is 18.4. The molecule has 2 aromatic rings. The number of anilines is 1. The fraction of sp³-hybridized carbons (Fsp3) is 0.750. The summed E-state index contributed by atoms with van der Waals surface area (Å²) >= 11 is 1.83. The Bertz CT molecular complexity index is 848. The number of hydrogen-bond donors (Lipinski definition) is 0. The van der Waals surface area contributed by atoms with Gasteiger partial charge in [0.1, 0.15) is 17.0 Å². The summed E-state index contributed by atoms with van der Waals surface area (Å²) in [6.07, 6.45) is 11.4. The lowest BCUT2D eigenvalue weighted by molar-refractivity contribution is -0.0564. The van der Waals surface area contributed by atoms with Crippen molar-refractivity contribution >= 4 is 27.4 Å².